The minimum atomic E-state index is -1.36. The summed E-state index contributed by atoms with van der Waals surface area (Å²) in [5, 5.41) is 0.241. The Hall–Kier alpha value is -1.34. The lowest BCUT2D eigenvalue weighted by molar-refractivity contribution is -0.0745. The van der Waals surface area contributed by atoms with E-state index in [4.69, 9.17) is 26.9 Å². The first kappa shape index (κ1) is 20.4. The molecule has 27 heavy (non-hydrogen) atoms. The van der Waals surface area contributed by atoms with E-state index in [-0.39, 0.29) is 16.0 Å². The molecule has 0 heterocycles. The molecule has 5 nitrogen and oxygen atoms in total. The molecule has 0 atom stereocenters. The zero-order valence-electron chi connectivity index (χ0n) is 15.3. The predicted molar refractivity (Wildman–Crippen MR) is 103 cm³/mol. The van der Waals surface area contributed by atoms with Crippen LogP contribution in [0.5, 0.6) is 5.75 Å². The average Bonchev–Trinajstić information content (AvgIpc) is 2.53. The number of primary amides is 1. The van der Waals surface area contributed by atoms with Gasteiger partial charge in [-0.25, -0.2) is 4.39 Å². The number of rotatable bonds is 4. The molecular formula is C19H25ClFN2O3S-. The molecule has 4 aliphatic carbocycles. The van der Waals surface area contributed by atoms with E-state index < -0.39 is 22.3 Å². The van der Waals surface area contributed by atoms with Crippen molar-refractivity contribution in [3.8, 4) is 5.75 Å². The second kappa shape index (κ2) is 7.95. The zero-order chi connectivity index (χ0) is 19.8. The molecule has 5 rings (SSSR count). The molecule has 1 aromatic rings. The number of carbonyl (C=O) groups excluding carboxylic acids is 1. The first-order valence-corrected chi connectivity index (χ1v) is 11.1. The van der Waals surface area contributed by atoms with Gasteiger partial charge in [0.25, 0.3) is 5.91 Å². The van der Waals surface area contributed by atoms with Gasteiger partial charge < -0.3 is 19.5 Å². The van der Waals surface area contributed by atoms with Crippen molar-refractivity contribution >= 4 is 28.1 Å². The van der Waals surface area contributed by atoms with Crippen molar-refractivity contribution in [1.29, 1.82) is 4.78 Å². The van der Waals surface area contributed by atoms with E-state index in [2.05, 4.69) is 0 Å². The molecule has 3 N–H and O–H groups in total. The van der Waals surface area contributed by atoms with Gasteiger partial charge >= 0.3 is 0 Å². The maximum absolute atomic E-state index is 13.9. The Bertz CT molecular complexity index is 769. The minimum absolute atomic E-state index is 0.197. The Morgan fingerprint density at radius 3 is 2.22 bits per heavy atom. The fourth-order valence-corrected chi connectivity index (χ4v) is 5.74. The van der Waals surface area contributed by atoms with Crippen LogP contribution in [-0.4, -0.2) is 18.8 Å². The highest BCUT2D eigenvalue weighted by Gasteiger charge is 2.51. The second-order valence-corrected chi connectivity index (χ2v) is 9.60. The fourth-order valence-electron chi connectivity index (χ4n) is 5.53. The molecule has 1 amide bonds. The van der Waals surface area contributed by atoms with Gasteiger partial charge in [-0.2, -0.15) is 10.6 Å². The van der Waals surface area contributed by atoms with Crippen molar-refractivity contribution in [2.75, 3.05) is 12.9 Å². The van der Waals surface area contributed by atoms with E-state index in [1.807, 2.05) is 0 Å². The third-order valence-corrected chi connectivity index (χ3v) is 6.28. The smallest absolute Gasteiger partial charge is 0.251 e. The first-order valence-electron chi connectivity index (χ1n) is 9.14. The van der Waals surface area contributed by atoms with Crippen LogP contribution in [0.4, 0.5) is 4.39 Å². The van der Waals surface area contributed by atoms with Crippen molar-refractivity contribution in [3.63, 3.8) is 0 Å². The van der Waals surface area contributed by atoms with E-state index in [1.54, 1.807) is 0 Å². The zero-order valence-corrected chi connectivity index (χ0v) is 16.9. The van der Waals surface area contributed by atoms with Gasteiger partial charge in [-0.05, 0) is 62.3 Å². The molecule has 0 aliphatic heterocycles. The summed E-state index contributed by atoms with van der Waals surface area (Å²) in [6.45, 7) is 0.589. The van der Waals surface area contributed by atoms with Gasteiger partial charge in [-0.3, -0.25) is 4.79 Å². The summed E-state index contributed by atoms with van der Waals surface area (Å²) in [5.41, 5.74) is 5.17. The van der Waals surface area contributed by atoms with Crippen molar-refractivity contribution in [2.24, 2.45) is 28.9 Å². The predicted octanol–water partition coefficient (Wildman–Crippen LogP) is 4.52. The summed E-state index contributed by atoms with van der Waals surface area (Å²) in [4.78, 5) is 11.2. The van der Waals surface area contributed by atoms with Gasteiger partial charge in [0.05, 0.1) is 17.2 Å². The van der Waals surface area contributed by atoms with Gasteiger partial charge in [0.15, 0.2) is 0 Å². The number of carbonyl (C=O) groups is 1. The molecule has 4 aliphatic rings. The van der Waals surface area contributed by atoms with Crippen molar-refractivity contribution in [3.05, 3.63) is 28.5 Å². The molecule has 0 spiro atoms. The highest BCUT2D eigenvalue weighted by atomic mass is 35.5. The van der Waals surface area contributed by atoms with Gasteiger partial charge in [-0.1, -0.05) is 11.6 Å². The van der Waals surface area contributed by atoms with E-state index >= 15 is 0 Å². The van der Waals surface area contributed by atoms with Crippen LogP contribution in [0.3, 0.4) is 0 Å². The number of hydrogen-bond donors (Lipinski definition) is 2. The van der Waals surface area contributed by atoms with Crippen LogP contribution in [0, 0.1) is 33.8 Å². The number of nitrogens with one attached hydrogen (secondary N) is 1. The number of hydrogen-bond acceptors (Lipinski definition) is 5. The molecule has 0 radical (unpaired) electrons. The van der Waals surface area contributed by atoms with Gasteiger partial charge in [-0.15, -0.1) is 6.26 Å². The monoisotopic (exact) mass is 415 g/mol. The van der Waals surface area contributed by atoms with Crippen molar-refractivity contribution in [1.82, 2.24) is 0 Å². The molecule has 1 aromatic carbocycles. The van der Waals surface area contributed by atoms with Crippen LogP contribution in [0.25, 0.3) is 0 Å². The topological polar surface area (TPSA) is 93.2 Å². The maximum Gasteiger partial charge on any atom is 0.251 e. The van der Waals surface area contributed by atoms with Gasteiger partial charge in [0.2, 0.25) is 0 Å². The number of benzene rings is 1. The van der Waals surface area contributed by atoms with Gasteiger partial charge in [0, 0.05) is 11.5 Å². The molecule has 4 bridgehead atoms. The highest BCUT2D eigenvalue weighted by Crippen LogP contribution is 2.60. The third-order valence-electron chi connectivity index (χ3n) is 5.99. The number of halogens is 2. The Morgan fingerprint density at radius 1 is 1.30 bits per heavy atom. The number of ether oxygens (including phenoxy) is 1. The summed E-state index contributed by atoms with van der Waals surface area (Å²) in [6, 6.07) is 2.44. The first-order chi connectivity index (χ1) is 12.7. The maximum atomic E-state index is 13.9. The average molecular weight is 416 g/mol. The third kappa shape index (κ3) is 4.74. The Morgan fingerprint density at radius 2 is 1.78 bits per heavy atom. The molecule has 0 saturated heterocycles. The standard InChI is InChI=1S/C18H21ClFNO2.CH4NOS/c19-14-4-13(17(21)22)15(20)5-16(14)23-9-18-6-10-1-11(7-18)3-12(2-10)8-18;1-4(2)3/h4-5,10-12H,1-3,6-9H2,(H2,21,22);2H,1H3/q;-1. The Labute approximate surface area is 165 Å². The summed E-state index contributed by atoms with van der Waals surface area (Å²) >= 11 is 6.13. The molecule has 4 fully saturated rings. The normalized spacial score (nSPS) is 30.7. The van der Waals surface area contributed by atoms with Gasteiger partial charge in [0.1, 0.15) is 11.6 Å². The Balaban J connectivity index is 0.000000481. The fraction of sp³-hybridized carbons (Fsp3) is 0.632. The molecule has 4 saturated carbocycles. The number of amides is 1. The summed E-state index contributed by atoms with van der Waals surface area (Å²) in [7, 11) is -1.36. The molecule has 8 heteroatoms. The quantitative estimate of drug-likeness (QED) is 0.708. The lowest BCUT2D eigenvalue weighted by Gasteiger charge is -2.56. The van der Waals surface area contributed by atoms with E-state index in [1.165, 1.54) is 56.9 Å². The molecule has 0 aromatic heterocycles. The van der Waals surface area contributed by atoms with Crippen LogP contribution in [-0.2, 0) is 14.8 Å². The SMILES string of the molecule is C[S-](=N)=O.NC(=O)c1cc(Cl)c(OCC23CC4CC(CC(C4)C2)C3)cc1F. The summed E-state index contributed by atoms with van der Waals surface area (Å²) in [5.74, 6) is 1.34. The van der Waals surface area contributed by atoms with Crippen LogP contribution >= 0.6 is 11.6 Å². The van der Waals surface area contributed by atoms with E-state index in [0.717, 1.165) is 17.8 Å². The molecular weight excluding hydrogens is 391 g/mol. The Kier molecular flexibility index (Phi) is 6.01. The van der Waals surface area contributed by atoms with Crippen molar-refractivity contribution < 1.29 is 18.1 Å². The van der Waals surface area contributed by atoms with Crippen molar-refractivity contribution in [2.45, 2.75) is 38.5 Å². The van der Waals surface area contributed by atoms with Crippen LogP contribution in [0.2, 0.25) is 5.02 Å². The second-order valence-electron chi connectivity index (χ2n) is 8.29. The summed E-state index contributed by atoms with van der Waals surface area (Å²) in [6.07, 6.45) is 9.10. The van der Waals surface area contributed by atoms with Crippen LogP contribution < -0.4 is 10.5 Å². The summed E-state index contributed by atoms with van der Waals surface area (Å²) < 4.78 is 35.1. The minimum Gasteiger partial charge on any atom is -0.491 e. The van der Waals surface area contributed by atoms with E-state index in [0.29, 0.717) is 12.4 Å². The lowest BCUT2D eigenvalue weighted by Crippen LogP contribution is -2.48. The van der Waals surface area contributed by atoms with E-state index in [9.17, 15) is 13.4 Å². The number of nitrogens with two attached hydrogens (primary N) is 1. The van der Waals surface area contributed by atoms with Crippen LogP contribution in [0.15, 0.2) is 12.1 Å². The lowest BCUT2D eigenvalue weighted by atomic mass is 9.50. The highest BCUT2D eigenvalue weighted by molar-refractivity contribution is 7.72. The largest absolute Gasteiger partial charge is 0.491 e. The molecule has 0 unspecified atom stereocenters. The van der Waals surface area contributed by atoms with Crippen LogP contribution in [0.1, 0.15) is 48.9 Å². The molecule has 150 valence electrons.